The Hall–Kier alpha value is -1.34. The molecular formula is C25H46O. The second-order valence-electron chi connectivity index (χ2n) is 6.09. The second-order valence-corrected chi connectivity index (χ2v) is 6.09. The lowest BCUT2D eigenvalue weighted by Crippen LogP contribution is -2.29. The molecular weight excluding hydrogens is 316 g/mol. The van der Waals surface area contributed by atoms with E-state index in [1.807, 2.05) is 27.7 Å². The summed E-state index contributed by atoms with van der Waals surface area (Å²) in [5.41, 5.74) is 2.70. The highest BCUT2D eigenvalue weighted by molar-refractivity contribution is 5.26. The Bertz CT molecular complexity index is 391. The van der Waals surface area contributed by atoms with Crippen LogP contribution in [0.25, 0.3) is 0 Å². The maximum absolute atomic E-state index is 10.2. The summed E-state index contributed by atoms with van der Waals surface area (Å²) in [4.78, 5) is 0. The van der Waals surface area contributed by atoms with Gasteiger partial charge < -0.3 is 5.11 Å². The minimum atomic E-state index is -0.146. The highest BCUT2D eigenvalue weighted by Crippen LogP contribution is 2.39. The predicted octanol–water partition coefficient (Wildman–Crippen LogP) is 7.81. The van der Waals surface area contributed by atoms with Gasteiger partial charge in [-0.2, -0.15) is 0 Å². The van der Waals surface area contributed by atoms with Crippen molar-refractivity contribution in [3.05, 3.63) is 61.7 Å². The summed E-state index contributed by atoms with van der Waals surface area (Å²) in [5, 5.41) is 10.2. The summed E-state index contributed by atoms with van der Waals surface area (Å²) in [5.74, 6) is 1.84. The third-order valence-corrected chi connectivity index (χ3v) is 4.61. The van der Waals surface area contributed by atoms with E-state index in [0.29, 0.717) is 5.92 Å². The van der Waals surface area contributed by atoms with Gasteiger partial charge in [0.05, 0.1) is 6.10 Å². The van der Waals surface area contributed by atoms with Crippen LogP contribution in [0.5, 0.6) is 0 Å². The van der Waals surface area contributed by atoms with Crippen molar-refractivity contribution in [1.29, 1.82) is 0 Å². The molecule has 1 heteroatoms. The smallest absolute Gasteiger partial charge is 0.0608 e. The molecule has 3 atom stereocenters. The monoisotopic (exact) mass is 362 g/mol. The molecule has 0 aromatic heterocycles. The highest BCUT2D eigenvalue weighted by Gasteiger charge is 2.31. The van der Waals surface area contributed by atoms with E-state index in [0.717, 1.165) is 31.1 Å². The maximum Gasteiger partial charge on any atom is 0.0608 e. The molecule has 1 fully saturated rings. The fourth-order valence-electron chi connectivity index (χ4n) is 3.15. The average molecular weight is 363 g/mol. The number of aliphatic hydroxyl groups is 1. The maximum atomic E-state index is 10.2. The van der Waals surface area contributed by atoms with Crippen LogP contribution in [-0.2, 0) is 6.42 Å². The van der Waals surface area contributed by atoms with Crippen LogP contribution in [0.4, 0.5) is 0 Å². The first-order valence-corrected chi connectivity index (χ1v) is 10.4. The van der Waals surface area contributed by atoms with Crippen molar-refractivity contribution in [3.8, 4) is 0 Å². The molecule has 1 aromatic carbocycles. The zero-order valence-corrected chi connectivity index (χ0v) is 18.7. The Morgan fingerprint density at radius 2 is 1.38 bits per heavy atom. The van der Waals surface area contributed by atoms with Crippen LogP contribution in [0.2, 0.25) is 0 Å². The van der Waals surface area contributed by atoms with E-state index in [4.69, 9.17) is 0 Å². The molecule has 0 radical (unpaired) electrons. The van der Waals surface area contributed by atoms with Crippen LogP contribution in [0, 0.1) is 11.8 Å². The molecule has 1 nitrogen and oxygen atoms in total. The van der Waals surface area contributed by atoms with Crippen molar-refractivity contribution in [2.45, 2.75) is 86.2 Å². The Labute approximate surface area is 165 Å². The summed E-state index contributed by atoms with van der Waals surface area (Å²) in [6, 6.07) is 8.85. The number of hydrogen-bond acceptors (Lipinski definition) is 1. The molecule has 0 saturated heterocycles. The number of hydrogen-bond donors (Lipinski definition) is 1. The van der Waals surface area contributed by atoms with Crippen molar-refractivity contribution in [1.82, 2.24) is 0 Å². The van der Waals surface area contributed by atoms with Gasteiger partial charge in [-0.3, -0.25) is 0 Å². The molecule has 3 unspecified atom stereocenters. The fraction of sp³-hybridized carbons (Fsp3) is 0.600. The minimum Gasteiger partial charge on any atom is -0.392 e. The van der Waals surface area contributed by atoms with Crippen LogP contribution in [0.15, 0.2) is 50.6 Å². The van der Waals surface area contributed by atoms with Crippen LogP contribution < -0.4 is 0 Å². The summed E-state index contributed by atoms with van der Waals surface area (Å²) in [7, 11) is 0. The molecule has 152 valence electrons. The molecule has 1 aliphatic carbocycles. The van der Waals surface area contributed by atoms with Crippen molar-refractivity contribution in [2.75, 3.05) is 0 Å². The molecule has 1 aliphatic rings. The number of aryl methyl sites for hydroxylation is 1. The van der Waals surface area contributed by atoms with Gasteiger partial charge in [0.1, 0.15) is 0 Å². The molecule has 1 N–H and O–H groups in total. The Morgan fingerprint density at radius 1 is 0.923 bits per heavy atom. The van der Waals surface area contributed by atoms with E-state index in [2.05, 4.69) is 71.4 Å². The molecule has 0 bridgehead atoms. The lowest BCUT2D eigenvalue weighted by atomic mass is 9.72. The standard InChI is InChI=1S/C17H26O.2C2H6.2C2H4/c1-4-13-5-7-14(8-6-13)16-11-15(12(2)3)9-10-17(16)18;4*1-2/h5-8,12,15-18H,4,9-11H2,1-3H3;2*1-2H3;2*1-2H2. The fourth-order valence-corrected chi connectivity index (χ4v) is 3.15. The highest BCUT2D eigenvalue weighted by atomic mass is 16.3. The molecule has 0 spiro atoms. The van der Waals surface area contributed by atoms with Crippen LogP contribution in [0.3, 0.4) is 0 Å². The van der Waals surface area contributed by atoms with E-state index in [9.17, 15) is 5.11 Å². The first-order chi connectivity index (χ1) is 12.6. The van der Waals surface area contributed by atoms with Gasteiger partial charge in [-0.15, -0.1) is 26.3 Å². The van der Waals surface area contributed by atoms with Gasteiger partial charge in [-0.1, -0.05) is 72.7 Å². The second kappa shape index (κ2) is 20.0. The Balaban J connectivity index is -0.000000585. The van der Waals surface area contributed by atoms with Crippen molar-refractivity contribution >= 4 is 0 Å². The SMILES string of the molecule is C=C.C=C.CC.CC.CCc1ccc(C2CC(C(C)C)CCC2O)cc1. The van der Waals surface area contributed by atoms with Gasteiger partial charge in [-0.25, -0.2) is 0 Å². The van der Waals surface area contributed by atoms with Crippen molar-refractivity contribution < 1.29 is 5.11 Å². The molecule has 2 rings (SSSR count). The third kappa shape index (κ3) is 10.6. The van der Waals surface area contributed by atoms with E-state index < -0.39 is 0 Å². The Kier molecular flexibility index (Phi) is 22.6. The minimum absolute atomic E-state index is 0.146. The van der Waals surface area contributed by atoms with E-state index >= 15 is 0 Å². The quantitative estimate of drug-likeness (QED) is 0.544. The zero-order chi connectivity index (χ0) is 21.1. The molecule has 0 amide bonds. The van der Waals surface area contributed by atoms with Gasteiger partial charge in [0, 0.05) is 5.92 Å². The lowest BCUT2D eigenvalue weighted by molar-refractivity contribution is 0.0727. The van der Waals surface area contributed by atoms with E-state index in [1.165, 1.54) is 17.5 Å². The summed E-state index contributed by atoms with van der Waals surface area (Å²) < 4.78 is 0. The number of aliphatic hydroxyl groups excluding tert-OH is 1. The van der Waals surface area contributed by atoms with Gasteiger partial charge in [0.15, 0.2) is 0 Å². The number of rotatable bonds is 3. The number of benzene rings is 1. The largest absolute Gasteiger partial charge is 0.392 e. The van der Waals surface area contributed by atoms with Crippen LogP contribution in [-0.4, -0.2) is 11.2 Å². The molecule has 1 saturated carbocycles. The van der Waals surface area contributed by atoms with Crippen molar-refractivity contribution in [3.63, 3.8) is 0 Å². The Morgan fingerprint density at radius 3 is 1.77 bits per heavy atom. The zero-order valence-electron chi connectivity index (χ0n) is 18.7. The first kappa shape index (κ1) is 29.4. The van der Waals surface area contributed by atoms with Gasteiger partial charge >= 0.3 is 0 Å². The summed E-state index contributed by atoms with van der Waals surface area (Å²) in [6.07, 6.45) is 4.23. The predicted molar refractivity (Wildman–Crippen MR) is 122 cm³/mol. The molecule has 0 aliphatic heterocycles. The van der Waals surface area contributed by atoms with E-state index in [-0.39, 0.29) is 6.10 Å². The molecule has 0 heterocycles. The normalized spacial score (nSPS) is 20.6. The topological polar surface area (TPSA) is 20.2 Å². The van der Waals surface area contributed by atoms with Crippen LogP contribution in [0.1, 0.15) is 84.8 Å². The lowest BCUT2D eigenvalue weighted by Gasteiger charge is -2.35. The third-order valence-electron chi connectivity index (χ3n) is 4.61. The van der Waals surface area contributed by atoms with Gasteiger partial charge in [-0.05, 0) is 48.6 Å². The molecule has 26 heavy (non-hydrogen) atoms. The van der Waals surface area contributed by atoms with Gasteiger partial charge in [0.2, 0.25) is 0 Å². The average Bonchev–Trinajstić information content (AvgIpc) is 2.74. The van der Waals surface area contributed by atoms with Crippen LogP contribution >= 0.6 is 0 Å². The summed E-state index contributed by atoms with van der Waals surface area (Å²) >= 11 is 0. The first-order valence-electron chi connectivity index (χ1n) is 10.4. The van der Waals surface area contributed by atoms with E-state index in [1.54, 1.807) is 0 Å². The van der Waals surface area contributed by atoms with Crippen molar-refractivity contribution in [2.24, 2.45) is 11.8 Å². The molecule has 1 aromatic rings. The van der Waals surface area contributed by atoms with Gasteiger partial charge in [0.25, 0.3) is 0 Å². The summed E-state index contributed by atoms with van der Waals surface area (Å²) in [6.45, 7) is 26.8.